The first-order chi connectivity index (χ1) is 14.1. The maximum Gasteiger partial charge on any atom is 0.416 e. The number of amides is 2. The van der Waals surface area contributed by atoms with E-state index in [0.29, 0.717) is 18.6 Å². The minimum Gasteiger partial charge on any atom is -0.457 e. The third kappa shape index (κ3) is 3.71. The summed E-state index contributed by atoms with van der Waals surface area (Å²) < 4.78 is 63.5. The summed E-state index contributed by atoms with van der Waals surface area (Å²) in [4.78, 5) is 23.2. The van der Waals surface area contributed by atoms with Crippen molar-refractivity contribution in [3.63, 3.8) is 0 Å². The van der Waals surface area contributed by atoms with Gasteiger partial charge in [0.15, 0.2) is 6.10 Å². The molecular formula is C21H17F4NO4. The number of aryl methyl sites for hydroxylation is 1. The number of carbonyl (C=O) groups is 2. The summed E-state index contributed by atoms with van der Waals surface area (Å²) in [6.45, 7) is 1.14. The molecule has 30 heavy (non-hydrogen) atoms. The van der Waals surface area contributed by atoms with Crippen LogP contribution in [0.4, 0.5) is 22.4 Å². The summed E-state index contributed by atoms with van der Waals surface area (Å²) in [5.41, 5.74) is 0.562. The largest absolute Gasteiger partial charge is 0.457 e. The van der Waals surface area contributed by atoms with E-state index in [4.69, 9.17) is 9.47 Å². The average molecular weight is 423 g/mol. The highest BCUT2D eigenvalue weighted by Crippen LogP contribution is 2.41. The lowest BCUT2D eigenvalue weighted by Crippen LogP contribution is -2.28. The van der Waals surface area contributed by atoms with Gasteiger partial charge in [0.05, 0.1) is 5.56 Å². The van der Waals surface area contributed by atoms with E-state index in [-0.39, 0.29) is 17.2 Å². The third-order valence-electron chi connectivity index (χ3n) is 5.32. The van der Waals surface area contributed by atoms with Gasteiger partial charge in [-0.15, -0.1) is 0 Å². The van der Waals surface area contributed by atoms with Gasteiger partial charge in [-0.3, -0.25) is 10.1 Å². The first-order valence-electron chi connectivity index (χ1n) is 9.31. The molecule has 0 spiro atoms. The molecule has 2 aromatic carbocycles. The standard InChI is InChI=1S/C21H17F4NO4/c1-10(22)16-9-12(21(23,24)25)3-7-17(16)29-13-4-6-14-11(8-13)2-5-15(14)18-19(27)26-20(28)30-18/h3-4,6-10,15,18H,2,5H2,1H3,(H,26,27,28)/t10?,15-,18?/m1/s1. The van der Waals surface area contributed by atoms with E-state index < -0.39 is 36.0 Å². The topological polar surface area (TPSA) is 64.6 Å². The number of halogens is 4. The second-order valence-corrected chi connectivity index (χ2v) is 7.29. The van der Waals surface area contributed by atoms with Crippen molar-refractivity contribution in [3.8, 4) is 11.5 Å². The number of alkyl carbamates (subject to hydrolysis) is 1. The van der Waals surface area contributed by atoms with E-state index in [1.54, 1.807) is 18.2 Å². The van der Waals surface area contributed by atoms with Crippen LogP contribution in [0, 0.1) is 0 Å². The summed E-state index contributed by atoms with van der Waals surface area (Å²) in [6, 6.07) is 7.72. The number of fused-ring (bicyclic) bond motifs is 1. The predicted molar refractivity (Wildman–Crippen MR) is 97.0 cm³/mol. The fourth-order valence-electron chi connectivity index (χ4n) is 3.90. The number of ether oxygens (including phenoxy) is 2. The number of carbonyl (C=O) groups excluding carboxylic acids is 2. The Morgan fingerprint density at radius 1 is 1.17 bits per heavy atom. The van der Waals surface area contributed by atoms with Gasteiger partial charge in [0.25, 0.3) is 5.91 Å². The van der Waals surface area contributed by atoms with E-state index in [1.807, 2.05) is 0 Å². The van der Waals surface area contributed by atoms with Crippen LogP contribution in [0.25, 0.3) is 0 Å². The van der Waals surface area contributed by atoms with Gasteiger partial charge in [-0.25, -0.2) is 9.18 Å². The van der Waals surface area contributed by atoms with Gasteiger partial charge >= 0.3 is 12.3 Å². The number of hydrogen-bond donors (Lipinski definition) is 1. The zero-order chi connectivity index (χ0) is 21.6. The number of hydrogen-bond acceptors (Lipinski definition) is 4. The molecule has 0 radical (unpaired) electrons. The van der Waals surface area contributed by atoms with E-state index in [9.17, 15) is 27.2 Å². The summed E-state index contributed by atoms with van der Waals surface area (Å²) in [7, 11) is 0. The molecule has 3 atom stereocenters. The molecule has 0 bridgehead atoms. The normalized spacial score (nSPS) is 21.8. The van der Waals surface area contributed by atoms with Gasteiger partial charge in [-0.2, -0.15) is 13.2 Å². The molecule has 1 aliphatic heterocycles. The second kappa shape index (κ2) is 7.30. The molecule has 1 aliphatic carbocycles. The molecule has 1 N–H and O–H groups in total. The molecule has 2 unspecified atom stereocenters. The highest BCUT2D eigenvalue weighted by atomic mass is 19.4. The second-order valence-electron chi connectivity index (χ2n) is 7.29. The van der Waals surface area contributed by atoms with Crippen LogP contribution in [0.5, 0.6) is 11.5 Å². The molecule has 1 heterocycles. The van der Waals surface area contributed by atoms with Crippen LogP contribution in [0.15, 0.2) is 36.4 Å². The zero-order valence-electron chi connectivity index (χ0n) is 15.8. The lowest BCUT2D eigenvalue weighted by Gasteiger charge is -2.17. The molecular weight excluding hydrogens is 406 g/mol. The summed E-state index contributed by atoms with van der Waals surface area (Å²) >= 11 is 0. The smallest absolute Gasteiger partial charge is 0.416 e. The lowest BCUT2D eigenvalue weighted by molar-refractivity contribution is -0.137. The first kappa shape index (κ1) is 20.2. The molecule has 1 fully saturated rings. The van der Waals surface area contributed by atoms with Gasteiger partial charge in [0.1, 0.15) is 17.7 Å². The van der Waals surface area contributed by atoms with Gasteiger partial charge < -0.3 is 9.47 Å². The van der Waals surface area contributed by atoms with Gasteiger partial charge in [0.2, 0.25) is 0 Å². The molecule has 4 rings (SSSR count). The van der Waals surface area contributed by atoms with Crippen LogP contribution >= 0.6 is 0 Å². The van der Waals surface area contributed by atoms with E-state index in [0.717, 1.165) is 36.2 Å². The maximum absolute atomic E-state index is 14.0. The Hall–Kier alpha value is -3.10. The minimum atomic E-state index is -4.58. The highest BCUT2D eigenvalue weighted by Gasteiger charge is 2.42. The molecule has 2 amide bonds. The number of imide groups is 1. The summed E-state index contributed by atoms with van der Waals surface area (Å²) in [5, 5.41) is 2.11. The Labute approximate surface area is 169 Å². The summed E-state index contributed by atoms with van der Waals surface area (Å²) in [5.74, 6) is -0.432. The molecule has 5 nitrogen and oxygen atoms in total. The number of rotatable bonds is 4. The van der Waals surface area contributed by atoms with Gasteiger partial charge in [-0.1, -0.05) is 6.07 Å². The van der Waals surface area contributed by atoms with E-state index >= 15 is 0 Å². The van der Waals surface area contributed by atoms with Crippen LogP contribution in [-0.4, -0.2) is 18.1 Å². The van der Waals surface area contributed by atoms with Crippen molar-refractivity contribution in [1.29, 1.82) is 0 Å². The Balaban J connectivity index is 1.59. The fraction of sp³-hybridized carbons (Fsp3) is 0.333. The van der Waals surface area contributed by atoms with Crippen molar-refractivity contribution in [2.75, 3.05) is 0 Å². The van der Waals surface area contributed by atoms with Crippen LogP contribution in [0.3, 0.4) is 0 Å². The van der Waals surface area contributed by atoms with Crippen LogP contribution in [0.2, 0.25) is 0 Å². The van der Waals surface area contributed by atoms with Crippen molar-refractivity contribution in [2.45, 2.75) is 44.1 Å². The number of nitrogens with one attached hydrogen (secondary N) is 1. The highest BCUT2D eigenvalue weighted by molar-refractivity contribution is 6.00. The predicted octanol–water partition coefficient (Wildman–Crippen LogP) is 5.19. The first-order valence-corrected chi connectivity index (χ1v) is 9.31. The minimum absolute atomic E-state index is 0.00315. The Bertz CT molecular complexity index is 1020. The van der Waals surface area contributed by atoms with Crippen molar-refractivity contribution in [3.05, 3.63) is 58.7 Å². The third-order valence-corrected chi connectivity index (χ3v) is 5.32. The van der Waals surface area contributed by atoms with Crippen LogP contribution in [0.1, 0.15) is 47.7 Å². The maximum atomic E-state index is 14.0. The molecule has 158 valence electrons. The number of benzene rings is 2. The lowest BCUT2D eigenvalue weighted by atomic mass is 9.95. The average Bonchev–Trinajstić information content (AvgIpc) is 3.22. The molecule has 2 aromatic rings. The van der Waals surface area contributed by atoms with E-state index in [2.05, 4.69) is 5.32 Å². The quantitative estimate of drug-likeness (QED) is 0.688. The monoisotopic (exact) mass is 423 g/mol. The molecule has 9 heteroatoms. The Kier molecular flexibility index (Phi) is 4.91. The molecule has 2 aliphatic rings. The van der Waals surface area contributed by atoms with Crippen molar-refractivity contribution >= 4 is 12.0 Å². The number of alkyl halides is 4. The summed E-state index contributed by atoms with van der Waals surface area (Å²) in [6.07, 6.45) is -6.69. The van der Waals surface area contributed by atoms with Crippen molar-refractivity contribution in [2.24, 2.45) is 0 Å². The van der Waals surface area contributed by atoms with Crippen molar-refractivity contribution in [1.82, 2.24) is 5.32 Å². The Morgan fingerprint density at radius 3 is 2.57 bits per heavy atom. The van der Waals surface area contributed by atoms with Gasteiger partial charge in [-0.05, 0) is 61.2 Å². The molecule has 0 aromatic heterocycles. The van der Waals surface area contributed by atoms with Crippen LogP contribution < -0.4 is 10.1 Å². The fourth-order valence-corrected chi connectivity index (χ4v) is 3.90. The molecule has 1 saturated heterocycles. The Morgan fingerprint density at radius 2 is 1.93 bits per heavy atom. The van der Waals surface area contributed by atoms with E-state index in [1.165, 1.54) is 0 Å². The van der Waals surface area contributed by atoms with Crippen molar-refractivity contribution < 1.29 is 36.6 Å². The number of cyclic esters (lactones) is 1. The molecule has 0 saturated carbocycles. The van der Waals surface area contributed by atoms with Gasteiger partial charge in [0, 0.05) is 11.5 Å². The van der Waals surface area contributed by atoms with Crippen LogP contribution in [-0.2, 0) is 22.1 Å². The SMILES string of the molecule is CC(F)c1cc(C(F)(F)F)ccc1Oc1ccc2c(c1)CC[C@H]2C1OC(=O)NC1=O. The zero-order valence-corrected chi connectivity index (χ0v) is 15.8.